The molecule has 2 unspecified atom stereocenters. The van der Waals surface area contributed by atoms with Crippen molar-refractivity contribution in [3.05, 3.63) is 54.0 Å². The van der Waals surface area contributed by atoms with E-state index in [2.05, 4.69) is 15.0 Å². The highest BCUT2D eigenvalue weighted by Gasteiger charge is 2.51. The average molecular weight is 520 g/mol. The van der Waals surface area contributed by atoms with E-state index in [0.29, 0.717) is 5.56 Å². The number of halogens is 1. The van der Waals surface area contributed by atoms with Crippen molar-refractivity contribution in [2.45, 2.75) is 57.8 Å². The lowest BCUT2D eigenvalue weighted by Crippen LogP contribution is -2.40. The molecule has 196 valence electrons. The van der Waals surface area contributed by atoms with Crippen LogP contribution in [-0.4, -0.2) is 67.5 Å². The minimum absolute atomic E-state index is 0.0948. The number of carbonyl (C=O) groups is 3. The molecule has 5 atom stereocenters. The van der Waals surface area contributed by atoms with Gasteiger partial charge >= 0.3 is 17.9 Å². The van der Waals surface area contributed by atoms with Crippen LogP contribution in [0.5, 0.6) is 0 Å². The number of ether oxygens (including phenoxy) is 4. The van der Waals surface area contributed by atoms with E-state index >= 15 is 0 Å². The van der Waals surface area contributed by atoms with Crippen molar-refractivity contribution < 1.29 is 46.9 Å². The average Bonchev–Trinajstić information content (AvgIpc) is 3.53. The van der Waals surface area contributed by atoms with Crippen LogP contribution in [0.1, 0.15) is 48.4 Å². The highest BCUT2D eigenvalue weighted by Crippen LogP contribution is 2.36. The predicted octanol–water partition coefficient (Wildman–Crippen LogP) is 1.57. The first-order valence-corrected chi connectivity index (χ1v) is 10.9. The molecule has 1 aromatic carbocycles. The van der Waals surface area contributed by atoms with Crippen LogP contribution in [0.3, 0.4) is 0 Å². The van der Waals surface area contributed by atoms with Crippen LogP contribution in [0, 0.1) is 5.82 Å². The zero-order chi connectivity index (χ0) is 28.8. The van der Waals surface area contributed by atoms with Gasteiger partial charge in [-0.2, -0.15) is 0 Å². The van der Waals surface area contributed by atoms with Crippen LogP contribution < -0.4 is 0 Å². The first-order chi connectivity index (χ1) is 19.2. The fourth-order valence-corrected chi connectivity index (χ4v) is 4.05. The van der Waals surface area contributed by atoms with Gasteiger partial charge in [0.25, 0.3) is 0 Å². The standard InChI is InChI=1S/C24H25FN4O8/c1-12(30)34-9-18-21(35-13(2)31)22(36-14(3)32)24(37-18)29-11-28-20-19(26-10-27-23(20)29)17(33)8-15-4-6-16(25)7-5-15/h4-7,10-11,17-18,21-22,24,33H,8-9H2,1-3H3/t17?,18-,21-,22-,24?/m1/s1/i1D,2D,3D. The first-order valence-electron chi connectivity index (χ1n) is 13.1. The van der Waals surface area contributed by atoms with Crippen molar-refractivity contribution in [2.75, 3.05) is 6.61 Å². The number of aliphatic hydroxyl groups is 1. The van der Waals surface area contributed by atoms with Gasteiger partial charge in [0.1, 0.15) is 42.2 Å². The van der Waals surface area contributed by atoms with Gasteiger partial charge in [-0.05, 0) is 17.7 Å². The van der Waals surface area contributed by atoms with Crippen LogP contribution in [-0.2, 0) is 39.8 Å². The van der Waals surface area contributed by atoms with E-state index in [0.717, 1.165) is 0 Å². The molecule has 37 heavy (non-hydrogen) atoms. The number of hydrogen-bond donors (Lipinski definition) is 1. The number of benzene rings is 1. The Morgan fingerprint density at radius 3 is 2.49 bits per heavy atom. The Kier molecular flexibility index (Phi) is 6.59. The van der Waals surface area contributed by atoms with E-state index < -0.39 is 81.7 Å². The molecule has 1 N–H and O–H groups in total. The van der Waals surface area contributed by atoms with E-state index in [1.807, 2.05) is 0 Å². The Morgan fingerprint density at radius 1 is 1.08 bits per heavy atom. The summed E-state index contributed by atoms with van der Waals surface area (Å²) in [6.07, 6.45) is -3.74. The number of carbonyl (C=O) groups excluding carboxylic acids is 3. The Labute approximate surface area is 214 Å². The van der Waals surface area contributed by atoms with Crippen molar-refractivity contribution in [2.24, 2.45) is 0 Å². The molecule has 0 spiro atoms. The molecule has 12 nitrogen and oxygen atoms in total. The highest BCUT2D eigenvalue weighted by molar-refractivity contribution is 5.74. The van der Waals surface area contributed by atoms with E-state index in [9.17, 15) is 23.9 Å². The van der Waals surface area contributed by atoms with E-state index in [-0.39, 0.29) is 23.3 Å². The normalized spacial score (nSPS) is 23.0. The molecule has 0 aliphatic carbocycles. The molecule has 3 heterocycles. The molecule has 13 heteroatoms. The summed E-state index contributed by atoms with van der Waals surface area (Å²) in [5.41, 5.74) is 1.12. The molecule has 1 aliphatic rings. The fraction of sp³-hybridized carbons (Fsp3) is 0.417. The molecule has 4 rings (SSSR count). The van der Waals surface area contributed by atoms with Crippen LogP contribution in [0.4, 0.5) is 4.39 Å². The summed E-state index contributed by atoms with van der Waals surface area (Å²) in [6, 6.07) is 5.59. The van der Waals surface area contributed by atoms with Gasteiger partial charge in [-0.3, -0.25) is 19.0 Å². The Bertz CT molecular complexity index is 1360. The number of aliphatic hydroxyl groups excluding tert-OH is 1. The fourth-order valence-electron chi connectivity index (χ4n) is 4.05. The number of rotatable bonds is 8. The van der Waals surface area contributed by atoms with Crippen LogP contribution in [0.25, 0.3) is 11.2 Å². The van der Waals surface area contributed by atoms with Crippen molar-refractivity contribution in [3.8, 4) is 0 Å². The molecule has 2 aromatic heterocycles. The van der Waals surface area contributed by atoms with Gasteiger partial charge in [0.15, 0.2) is 24.1 Å². The zero-order valence-electron chi connectivity index (χ0n) is 22.4. The summed E-state index contributed by atoms with van der Waals surface area (Å²) >= 11 is 0. The summed E-state index contributed by atoms with van der Waals surface area (Å²) < 4.78 is 58.1. The molecular weight excluding hydrogens is 491 g/mol. The van der Waals surface area contributed by atoms with E-state index in [1.54, 1.807) is 0 Å². The number of aromatic nitrogens is 4. The third kappa shape index (κ3) is 5.89. The van der Waals surface area contributed by atoms with Gasteiger partial charge in [0, 0.05) is 31.2 Å². The first kappa shape index (κ1) is 22.2. The molecule has 0 amide bonds. The molecule has 1 aliphatic heterocycles. The lowest BCUT2D eigenvalue weighted by Gasteiger charge is -2.23. The van der Waals surface area contributed by atoms with E-state index in [1.165, 1.54) is 41.5 Å². The van der Waals surface area contributed by atoms with Gasteiger partial charge in [-0.1, -0.05) is 12.1 Å². The minimum Gasteiger partial charge on any atom is -0.463 e. The second kappa shape index (κ2) is 11.0. The second-order valence-corrected chi connectivity index (χ2v) is 8.09. The van der Waals surface area contributed by atoms with Crippen LogP contribution in [0.2, 0.25) is 0 Å². The minimum atomic E-state index is -1.37. The third-order valence-corrected chi connectivity index (χ3v) is 5.55. The summed E-state index contributed by atoms with van der Waals surface area (Å²) in [4.78, 5) is 48.5. The summed E-state index contributed by atoms with van der Waals surface area (Å²) in [7, 11) is 0. The largest absolute Gasteiger partial charge is 0.463 e. The molecule has 0 radical (unpaired) electrons. The highest BCUT2D eigenvalue weighted by atomic mass is 19.1. The third-order valence-electron chi connectivity index (χ3n) is 5.55. The zero-order valence-corrected chi connectivity index (χ0v) is 19.4. The van der Waals surface area contributed by atoms with Crippen molar-refractivity contribution in [1.29, 1.82) is 0 Å². The topological polar surface area (TPSA) is 152 Å². The molecule has 0 bridgehead atoms. The van der Waals surface area contributed by atoms with Gasteiger partial charge in [0.2, 0.25) is 0 Å². The second-order valence-electron chi connectivity index (χ2n) is 8.09. The maximum Gasteiger partial charge on any atom is 0.303 e. The van der Waals surface area contributed by atoms with Crippen LogP contribution in [0.15, 0.2) is 36.9 Å². The molecule has 3 aromatic rings. The lowest BCUT2D eigenvalue weighted by atomic mass is 10.0. The number of imidazole rings is 1. The molecule has 1 saturated heterocycles. The number of hydrogen-bond acceptors (Lipinski definition) is 11. The number of fused-ring (bicyclic) bond motifs is 1. The quantitative estimate of drug-likeness (QED) is 0.341. The van der Waals surface area contributed by atoms with Gasteiger partial charge in [0.05, 0.1) is 6.33 Å². The SMILES string of the molecule is [2H]CC(=O)OC[C@H]1OC(n2cnc3c(C(O)Cc4ccc(F)cc4)ncnc32)[C@H](OC(=O)C[2H])[C@@H]1OC(=O)C[2H]. The Balaban J connectivity index is 1.69. The number of esters is 3. The maximum absolute atomic E-state index is 13.3. The number of nitrogens with zero attached hydrogens (tertiary/aromatic N) is 4. The molecule has 0 saturated carbocycles. The molecule has 1 fully saturated rings. The molecular formula is C24H25FN4O8. The van der Waals surface area contributed by atoms with Gasteiger partial charge in [-0.25, -0.2) is 19.3 Å². The predicted molar refractivity (Wildman–Crippen MR) is 122 cm³/mol. The monoisotopic (exact) mass is 519 g/mol. The maximum atomic E-state index is 13.3. The van der Waals surface area contributed by atoms with Crippen molar-refractivity contribution in [1.82, 2.24) is 19.5 Å². The summed E-state index contributed by atoms with van der Waals surface area (Å²) in [5.74, 6) is -3.23. The van der Waals surface area contributed by atoms with Crippen LogP contribution >= 0.6 is 0 Å². The van der Waals surface area contributed by atoms with Gasteiger partial charge < -0.3 is 24.1 Å². The van der Waals surface area contributed by atoms with E-state index in [4.69, 9.17) is 23.1 Å². The van der Waals surface area contributed by atoms with Gasteiger partial charge in [-0.15, -0.1) is 0 Å². The summed E-state index contributed by atoms with van der Waals surface area (Å²) in [6.45, 7) is -2.65. The lowest BCUT2D eigenvalue weighted by molar-refractivity contribution is -0.166. The Hall–Kier alpha value is -3.97. The smallest absolute Gasteiger partial charge is 0.303 e. The Morgan fingerprint density at radius 2 is 1.78 bits per heavy atom. The van der Waals surface area contributed by atoms with Crippen molar-refractivity contribution >= 4 is 29.1 Å². The van der Waals surface area contributed by atoms with Crippen molar-refractivity contribution in [3.63, 3.8) is 0 Å². The summed E-state index contributed by atoms with van der Waals surface area (Å²) in [5, 5.41) is 10.9.